The largest absolute Gasteiger partial charge is 0.497 e. The zero-order chi connectivity index (χ0) is 21.8. The van der Waals surface area contributed by atoms with E-state index in [9.17, 15) is 10.1 Å². The summed E-state index contributed by atoms with van der Waals surface area (Å²) in [5.74, 6) is 1.36. The SMILES string of the molecule is COc1cccc(NC(=O)C2CCN(c3c(C#N)cnc4cc(OC)ccc34)CC2)c1. The molecule has 1 fully saturated rings. The predicted octanol–water partition coefficient (Wildman–Crippen LogP) is 3.98. The molecule has 0 bridgehead atoms. The predicted molar refractivity (Wildman–Crippen MR) is 120 cm³/mol. The monoisotopic (exact) mass is 416 g/mol. The van der Waals surface area contributed by atoms with E-state index in [-0.39, 0.29) is 11.8 Å². The van der Waals surface area contributed by atoms with Crippen LogP contribution in [0.4, 0.5) is 11.4 Å². The molecular weight excluding hydrogens is 392 g/mol. The average molecular weight is 416 g/mol. The number of nitriles is 1. The Labute approximate surface area is 181 Å². The fraction of sp³-hybridized carbons (Fsp3) is 0.292. The summed E-state index contributed by atoms with van der Waals surface area (Å²) in [5.41, 5.74) is 2.93. The van der Waals surface area contributed by atoms with Gasteiger partial charge in [-0.25, -0.2) is 0 Å². The molecule has 7 nitrogen and oxygen atoms in total. The smallest absolute Gasteiger partial charge is 0.227 e. The molecule has 1 aromatic heterocycles. The Bertz CT molecular complexity index is 1150. The van der Waals surface area contributed by atoms with E-state index >= 15 is 0 Å². The normalized spacial score (nSPS) is 14.2. The van der Waals surface area contributed by atoms with E-state index in [0.717, 1.165) is 28.0 Å². The number of pyridine rings is 1. The van der Waals surface area contributed by atoms with Crippen molar-refractivity contribution in [3.63, 3.8) is 0 Å². The van der Waals surface area contributed by atoms with Crippen LogP contribution in [0.1, 0.15) is 18.4 Å². The highest BCUT2D eigenvalue weighted by molar-refractivity contribution is 5.96. The third-order valence-corrected chi connectivity index (χ3v) is 5.69. The number of amides is 1. The zero-order valence-electron chi connectivity index (χ0n) is 17.6. The molecule has 0 saturated carbocycles. The van der Waals surface area contributed by atoms with E-state index < -0.39 is 0 Å². The Hall–Kier alpha value is -3.79. The number of piperidine rings is 1. The lowest BCUT2D eigenvalue weighted by Gasteiger charge is -2.34. The summed E-state index contributed by atoms with van der Waals surface area (Å²) < 4.78 is 10.5. The van der Waals surface area contributed by atoms with Gasteiger partial charge in [-0.3, -0.25) is 9.78 Å². The van der Waals surface area contributed by atoms with Crippen LogP contribution in [0.5, 0.6) is 11.5 Å². The molecule has 3 aromatic rings. The first-order chi connectivity index (χ1) is 15.1. The summed E-state index contributed by atoms with van der Waals surface area (Å²) in [5, 5.41) is 13.5. The van der Waals surface area contributed by atoms with Gasteiger partial charge >= 0.3 is 0 Å². The molecule has 1 aliphatic heterocycles. The highest BCUT2D eigenvalue weighted by Gasteiger charge is 2.27. The fourth-order valence-corrected chi connectivity index (χ4v) is 4.02. The van der Waals surface area contributed by atoms with Crippen LogP contribution in [-0.2, 0) is 4.79 Å². The van der Waals surface area contributed by atoms with Gasteiger partial charge in [-0.2, -0.15) is 5.26 Å². The van der Waals surface area contributed by atoms with Gasteiger partial charge in [0, 0.05) is 48.4 Å². The van der Waals surface area contributed by atoms with Crippen molar-refractivity contribution in [2.45, 2.75) is 12.8 Å². The van der Waals surface area contributed by atoms with Gasteiger partial charge in [0.25, 0.3) is 0 Å². The summed E-state index contributed by atoms with van der Waals surface area (Å²) in [6.07, 6.45) is 3.03. The van der Waals surface area contributed by atoms with Crippen molar-refractivity contribution >= 4 is 28.2 Å². The summed E-state index contributed by atoms with van der Waals surface area (Å²) in [4.78, 5) is 19.4. The second kappa shape index (κ2) is 8.92. The lowest BCUT2D eigenvalue weighted by atomic mass is 9.94. The molecule has 0 aliphatic carbocycles. The quantitative estimate of drug-likeness (QED) is 0.677. The van der Waals surface area contributed by atoms with Crippen LogP contribution >= 0.6 is 0 Å². The zero-order valence-corrected chi connectivity index (χ0v) is 17.6. The third kappa shape index (κ3) is 4.24. The summed E-state index contributed by atoms with van der Waals surface area (Å²) in [7, 11) is 3.22. The number of aromatic nitrogens is 1. The number of methoxy groups -OCH3 is 2. The van der Waals surface area contributed by atoms with Gasteiger partial charge in [-0.05, 0) is 37.1 Å². The molecule has 0 radical (unpaired) electrons. The Kier molecular flexibility index (Phi) is 5.89. The minimum atomic E-state index is -0.0822. The number of nitrogens with zero attached hydrogens (tertiary/aromatic N) is 3. The average Bonchev–Trinajstić information content (AvgIpc) is 2.83. The molecule has 2 aromatic carbocycles. The van der Waals surface area contributed by atoms with Gasteiger partial charge in [0.15, 0.2) is 0 Å². The molecule has 0 unspecified atom stereocenters. The van der Waals surface area contributed by atoms with Crippen LogP contribution in [0, 0.1) is 17.2 Å². The highest BCUT2D eigenvalue weighted by Crippen LogP contribution is 2.34. The molecule has 2 heterocycles. The second-order valence-corrected chi connectivity index (χ2v) is 7.50. The Morgan fingerprint density at radius 1 is 1.13 bits per heavy atom. The van der Waals surface area contributed by atoms with E-state index in [1.165, 1.54) is 0 Å². The maximum absolute atomic E-state index is 12.8. The van der Waals surface area contributed by atoms with Crippen molar-refractivity contribution in [2.75, 3.05) is 37.5 Å². The molecule has 1 aliphatic rings. The first-order valence-electron chi connectivity index (χ1n) is 10.2. The lowest BCUT2D eigenvalue weighted by molar-refractivity contribution is -0.120. The molecule has 1 N–H and O–H groups in total. The van der Waals surface area contributed by atoms with E-state index in [1.54, 1.807) is 20.4 Å². The van der Waals surface area contributed by atoms with Gasteiger partial charge in [0.2, 0.25) is 5.91 Å². The highest BCUT2D eigenvalue weighted by atomic mass is 16.5. The summed E-state index contributed by atoms with van der Waals surface area (Å²) in [6.45, 7) is 1.38. The van der Waals surface area contributed by atoms with Crippen LogP contribution in [0.25, 0.3) is 10.9 Å². The van der Waals surface area contributed by atoms with Crippen LogP contribution < -0.4 is 19.7 Å². The number of ether oxygens (including phenoxy) is 2. The fourth-order valence-electron chi connectivity index (χ4n) is 4.02. The maximum atomic E-state index is 12.8. The molecule has 31 heavy (non-hydrogen) atoms. The topological polar surface area (TPSA) is 87.5 Å². The van der Waals surface area contributed by atoms with Gasteiger partial charge in [-0.1, -0.05) is 6.07 Å². The van der Waals surface area contributed by atoms with Crippen molar-refractivity contribution in [1.29, 1.82) is 5.26 Å². The number of anilines is 2. The molecule has 1 saturated heterocycles. The number of rotatable bonds is 5. The number of carbonyl (C=O) groups excluding carboxylic acids is 1. The van der Waals surface area contributed by atoms with Crippen LogP contribution in [0.15, 0.2) is 48.7 Å². The molecule has 4 rings (SSSR count). The summed E-state index contributed by atoms with van der Waals surface area (Å²) in [6, 6.07) is 15.3. The number of hydrogen-bond donors (Lipinski definition) is 1. The van der Waals surface area contributed by atoms with E-state index in [2.05, 4.69) is 21.3 Å². The van der Waals surface area contributed by atoms with Crippen LogP contribution in [-0.4, -0.2) is 38.2 Å². The molecule has 0 atom stereocenters. The molecule has 0 spiro atoms. The lowest BCUT2D eigenvalue weighted by Crippen LogP contribution is -2.38. The number of benzene rings is 2. The van der Waals surface area contributed by atoms with E-state index in [4.69, 9.17) is 9.47 Å². The number of nitrogens with one attached hydrogen (secondary N) is 1. The Balaban J connectivity index is 1.50. The minimum absolute atomic E-state index is 0.0118. The third-order valence-electron chi connectivity index (χ3n) is 5.69. The number of carbonyl (C=O) groups is 1. The number of hydrogen-bond acceptors (Lipinski definition) is 6. The first kappa shape index (κ1) is 20.5. The van der Waals surface area contributed by atoms with E-state index in [1.807, 2.05) is 42.5 Å². The van der Waals surface area contributed by atoms with Crippen molar-refractivity contribution in [3.05, 3.63) is 54.2 Å². The molecule has 158 valence electrons. The first-order valence-corrected chi connectivity index (χ1v) is 10.2. The van der Waals surface area contributed by atoms with Crippen molar-refractivity contribution < 1.29 is 14.3 Å². The molecular formula is C24H24N4O3. The van der Waals surface area contributed by atoms with Crippen molar-refractivity contribution in [2.24, 2.45) is 5.92 Å². The molecule has 1 amide bonds. The second-order valence-electron chi connectivity index (χ2n) is 7.50. The van der Waals surface area contributed by atoms with Crippen molar-refractivity contribution in [3.8, 4) is 17.6 Å². The molecule has 7 heteroatoms. The van der Waals surface area contributed by atoms with Gasteiger partial charge in [0.1, 0.15) is 17.6 Å². The Morgan fingerprint density at radius 3 is 2.58 bits per heavy atom. The number of fused-ring (bicyclic) bond motifs is 1. The summed E-state index contributed by atoms with van der Waals surface area (Å²) >= 11 is 0. The van der Waals surface area contributed by atoms with Gasteiger partial charge in [0.05, 0.1) is 31.0 Å². The van der Waals surface area contributed by atoms with Gasteiger partial charge < -0.3 is 19.7 Å². The minimum Gasteiger partial charge on any atom is -0.497 e. The van der Waals surface area contributed by atoms with Crippen molar-refractivity contribution in [1.82, 2.24) is 4.98 Å². The Morgan fingerprint density at radius 2 is 1.87 bits per heavy atom. The van der Waals surface area contributed by atoms with Gasteiger partial charge in [-0.15, -0.1) is 0 Å². The van der Waals surface area contributed by atoms with Crippen LogP contribution in [0.2, 0.25) is 0 Å². The standard InChI is InChI=1S/C24H24N4O3/c1-30-19-5-3-4-18(12-19)27-24(29)16-8-10-28(11-9-16)23-17(14-25)15-26-22-13-20(31-2)6-7-21(22)23/h3-7,12-13,15-16H,8-11H2,1-2H3,(H,27,29). The maximum Gasteiger partial charge on any atom is 0.227 e. The van der Waals surface area contributed by atoms with E-state index in [0.29, 0.717) is 37.2 Å². The van der Waals surface area contributed by atoms with Crippen LogP contribution in [0.3, 0.4) is 0 Å².